The van der Waals surface area contributed by atoms with Crippen LogP contribution in [0.4, 0.5) is 0 Å². The minimum atomic E-state index is -4.64. The minimum absolute atomic E-state index is 0.0312. The normalized spacial score (nSPS) is 13.8. The van der Waals surface area contributed by atoms with Gasteiger partial charge in [0, 0.05) is 12.8 Å². The van der Waals surface area contributed by atoms with Gasteiger partial charge in [0.1, 0.15) is 19.8 Å². The van der Waals surface area contributed by atoms with Crippen LogP contribution in [-0.2, 0) is 32.7 Å². The van der Waals surface area contributed by atoms with Crippen LogP contribution in [-0.4, -0.2) is 70.0 Å². The summed E-state index contributed by atoms with van der Waals surface area (Å²) in [5.41, 5.74) is 0. The van der Waals surface area contributed by atoms with Gasteiger partial charge >= 0.3 is 11.9 Å². The van der Waals surface area contributed by atoms with Gasteiger partial charge < -0.3 is 27.9 Å². The van der Waals surface area contributed by atoms with Crippen LogP contribution in [0.2, 0.25) is 0 Å². The largest absolute Gasteiger partial charge is 0.756 e. The topological polar surface area (TPSA) is 111 Å². The molecule has 0 rings (SSSR count). The highest BCUT2D eigenvalue weighted by atomic mass is 31.2. The predicted molar refractivity (Wildman–Crippen MR) is 342 cm³/mol. The summed E-state index contributed by atoms with van der Waals surface area (Å²) < 4.78 is 34.2. The first-order valence-electron chi connectivity index (χ1n) is 32.9. The zero-order valence-electron chi connectivity index (χ0n) is 52.5. The average Bonchev–Trinajstić information content (AvgIpc) is 3.42. The average molecular weight is 1140 g/mol. The number of carbonyl (C=O) groups excluding carboxylic acids is 2. The number of nitrogens with zero attached hydrogens (tertiary/aromatic N) is 1. The SMILES string of the molecule is CC/C=C\C/C=C\C/C=C\C/C=C\C/C=C\C/C=C\C/C=C\C/C=C\CCCCCCCCCCCCCCCCCCC(=O)OC(COC(=O)CCCCCCCCCCCCCCCCC)COP(=O)([O-])OCC[N+](C)(C)C. The van der Waals surface area contributed by atoms with E-state index >= 15 is 0 Å². The lowest BCUT2D eigenvalue weighted by Crippen LogP contribution is -2.37. The fraction of sp³-hybridized carbons (Fsp3) is 0.743. The summed E-state index contributed by atoms with van der Waals surface area (Å²) in [7, 11) is 1.17. The molecule has 0 aromatic rings. The van der Waals surface area contributed by atoms with Gasteiger partial charge in [0.25, 0.3) is 7.82 Å². The van der Waals surface area contributed by atoms with Crippen LogP contribution in [0, 0.1) is 0 Å². The molecule has 0 fully saturated rings. The first kappa shape index (κ1) is 76.9. The second-order valence-corrected chi connectivity index (χ2v) is 24.5. The Balaban J connectivity index is 3.97. The van der Waals surface area contributed by atoms with Crippen molar-refractivity contribution in [3.8, 4) is 0 Å². The van der Waals surface area contributed by atoms with E-state index in [9.17, 15) is 19.0 Å². The highest BCUT2D eigenvalue weighted by molar-refractivity contribution is 7.45. The molecule has 0 N–H and O–H groups in total. The number of hydrogen-bond donors (Lipinski definition) is 0. The van der Waals surface area contributed by atoms with Crippen LogP contribution in [0.15, 0.2) is 97.2 Å². The van der Waals surface area contributed by atoms with Gasteiger partial charge in [-0.05, 0) is 77.0 Å². The lowest BCUT2D eigenvalue weighted by atomic mass is 10.0. The van der Waals surface area contributed by atoms with Crippen molar-refractivity contribution >= 4 is 19.8 Å². The zero-order valence-corrected chi connectivity index (χ0v) is 53.4. The molecule has 0 aliphatic carbocycles. The molecule has 0 aliphatic rings. The number of likely N-dealkylation sites (N-methyl/N-ethyl adjacent to an activating group) is 1. The summed E-state index contributed by atoms with van der Waals surface area (Å²) in [5, 5.41) is 0. The Morgan fingerprint density at radius 1 is 0.400 bits per heavy atom. The quantitative estimate of drug-likeness (QED) is 0.0195. The van der Waals surface area contributed by atoms with Crippen molar-refractivity contribution in [1.29, 1.82) is 0 Å². The number of hydrogen-bond acceptors (Lipinski definition) is 8. The monoisotopic (exact) mass is 1140 g/mol. The van der Waals surface area contributed by atoms with E-state index in [1.807, 2.05) is 21.1 Å². The fourth-order valence-electron chi connectivity index (χ4n) is 9.09. The zero-order chi connectivity index (χ0) is 58.4. The number of unbranched alkanes of at least 4 members (excludes halogenated alkanes) is 30. The van der Waals surface area contributed by atoms with Crippen molar-refractivity contribution in [2.24, 2.45) is 0 Å². The van der Waals surface area contributed by atoms with E-state index in [-0.39, 0.29) is 32.0 Å². The maximum absolute atomic E-state index is 12.8. The summed E-state index contributed by atoms with van der Waals surface area (Å²) in [6.07, 6.45) is 83.4. The Bertz CT molecular complexity index is 1670. The van der Waals surface area contributed by atoms with Crippen LogP contribution < -0.4 is 4.89 Å². The fourth-order valence-corrected chi connectivity index (χ4v) is 9.81. The maximum Gasteiger partial charge on any atom is 0.306 e. The molecular weight excluding hydrogens is 1010 g/mol. The highest BCUT2D eigenvalue weighted by Crippen LogP contribution is 2.38. The molecule has 0 aromatic carbocycles. The summed E-state index contributed by atoms with van der Waals surface area (Å²) in [6, 6.07) is 0. The van der Waals surface area contributed by atoms with E-state index in [1.54, 1.807) is 0 Å². The van der Waals surface area contributed by atoms with E-state index in [2.05, 4.69) is 111 Å². The first-order valence-corrected chi connectivity index (χ1v) is 34.4. The standard InChI is InChI=1S/C70H124NO8P/c1-6-8-10-12-14-16-18-20-22-23-24-25-26-27-28-29-30-31-32-33-34-35-36-37-38-39-40-41-42-43-44-45-46-47-49-51-53-55-57-59-61-63-70(73)79-68(67-78-80(74,75)77-65-64-71(3,4)5)66-76-69(72)62-60-58-56-54-52-50-48-21-19-17-15-13-11-9-7-2/h8,10,14,16,20,22,24-25,27-28,30-31,33-34,36-37,68H,6-7,9,11-13,15,17-19,21,23,26,29,32,35,38-67H2,1-5H3/b10-8-,16-14-,22-20-,25-24-,28-27-,31-30-,34-33-,37-36-. The summed E-state index contributed by atoms with van der Waals surface area (Å²) in [4.78, 5) is 37.9. The Labute approximate surface area is 493 Å². The first-order chi connectivity index (χ1) is 39.0. The molecule has 10 heteroatoms. The third kappa shape index (κ3) is 64.1. The van der Waals surface area contributed by atoms with Crippen molar-refractivity contribution in [2.45, 2.75) is 290 Å². The van der Waals surface area contributed by atoms with Crippen molar-refractivity contribution < 1.29 is 42.1 Å². The number of carbonyl (C=O) groups is 2. The lowest BCUT2D eigenvalue weighted by Gasteiger charge is -2.28. The molecule has 0 heterocycles. The predicted octanol–water partition coefficient (Wildman–Crippen LogP) is 20.5. The molecule has 9 nitrogen and oxygen atoms in total. The number of phosphoric acid groups is 1. The van der Waals surface area contributed by atoms with Crippen molar-refractivity contribution in [3.05, 3.63) is 97.2 Å². The number of ether oxygens (including phenoxy) is 2. The maximum atomic E-state index is 12.8. The van der Waals surface area contributed by atoms with Crippen LogP contribution >= 0.6 is 7.82 Å². The lowest BCUT2D eigenvalue weighted by molar-refractivity contribution is -0.870. The molecule has 462 valence electrons. The van der Waals surface area contributed by atoms with Gasteiger partial charge in [-0.25, -0.2) is 0 Å². The third-order valence-corrected chi connectivity index (χ3v) is 15.1. The highest BCUT2D eigenvalue weighted by Gasteiger charge is 2.22. The molecule has 0 aromatic heterocycles. The molecular formula is C70H124NO8P. The van der Waals surface area contributed by atoms with E-state index in [0.717, 1.165) is 89.9 Å². The Kier molecular flexibility index (Phi) is 58.2. The number of quaternary nitrogens is 1. The van der Waals surface area contributed by atoms with Crippen LogP contribution in [0.3, 0.4) is 0 Å². The van der Waals surface area contributed by atoms with Crippen molar-refractivity contribution in [2.75, 3.05) is 47.5 Å². The third-order valence-electron chi connectivity index (χ3n) is 14.1. The van der Waals surface area contributed by atoms with Gasteiger partial charge in [0.2, 0.25) is 0 Å². The molecule has 0 saturated heterocycles. The molecule has 80 heavy (non-hydrogen) atoms. The summed E-state index contributed by atoms with van der Waals surface area (Å²) in [6.45, 7) is 4.15. The number of phosphoric ester groups is 1. The van der Waals surface area contributed by atoms with Gasteiger partial charge in [-0.3, -0.25) is 14.2 Å². The second-order valence-electron chi connectivity index (χ2n) is 23.1. The van der Waals surface area contributed by atoms with Crippen LogP contribution in [0.25, 0.3) is 0 Å². The van der Waals surface area contributed by atoms with Gasteiger partial charge in [-0.2, -0.15) is 0 Å². The van der Waals surface area contributed by atoms with E-state index in [4.69, 9.17) is 18.5 Å². The van der Waals surface area contributed by atoms with Crippen molar-refractivity contribution in [1.82, 2.24) is 0 Å². The number of allylic oxidation sites excluding steroid dienone is 16. The molecule has 2 unspecified atom stereocenters. The van der Waals surface area contributed by atoms with E-state index in [0.29, 0.717) is 17.4 Å². The van der Waals surface area contributed by atoms with E-state index in [1.165, 1.54) is 161 Å². The van der Waals surface area contributed by atoms with Crippen LogP contribution in [0.5, 0.6) is 0 Å². The van der Waals surface area contributed by atoms with Crippen molar-refractivity contribution in [3.63, 3.8) is 0 Å². The second kappa shape index (κ2) is 60.5. The molecule has 2 atom stereocenters. The molecule has 0 bridgehead atoms. The molecule has 0 aliphatic heterocycles. The van der Waals surface area contributed by atoms with E-state index < -0.39 is 26.5 Å². The van der Waals surface area contributed by atoms with Gasteiger partial charge in [0.15, 0.2) is 6.10 Å². The smallest absolute Gasteiger partial charge is 0.306 e. The van der Waals surface area contributed by atoms with Gasteiger partial charge in [0.05, 0.1) is 27.7 Å². The number of rotatable bonds is 60. The molecule has 0 saturated carbocycles. The molecule has 0 radical (unpaired) electrons. The Morgan fingerprint density at radius 2 is 0.713 bits per heavy atom. The number of esters is 2. The summed E-state index contributed by atoms with van der Waals surface area (Å²) in [5.74, 6) is -0.824. The molecule has 0 spiro atoms. The Hall–Kier alpha value is -3.07. The summed E-state index contributed by atoms with van der Waals surface area (Å²) >= 11 is 0. The van der Waals surface area contributed by atoms with Gasteiger partial charge in [-0.15, -0.1) is 0 Å². The van der Waals surface area contributed by atoms with Gasteiger partial charge in [-0.1, -0.05) is 291 Å². The molecule has 0 amide bonds. The minimum Gasteiger partial charge on any atom is -0.756 e. The van der Waals surface area contributed by atoms with Crippen LogP contribution in [0.1, 0.15) is 284 Å². The Morgan fingerprint density at radius 3 is 1.06 bits per heavy atom.